The quantitative estimate of drug-likeness (QED) is 0.526. The average molecular weight is 442 g/mol. The van der Waals surface area contributed by atoms with Crippen LogP contribution in [0.4, 0.5) is 5.13 Å². The Balaban J connectivity index is 1.69. The largest absolute Gasteiger partial charge is 0.493 e. The molecule has 1 heterocycles. The molecule has 9 heteroatoms. The maximum absolute atomic E-state index is 12.7. The summed E-state index contributed by atoms with van der Waals surface area (Å²) in [4.78, 5) is 29.6. The van der Waals surface area contributed by atoms with Gasteiger partial charge in [-0.3, -0.25) is 10.1 Å². The Labute approximate surface area is 183 Å². The molecule has 1 aromatic heterocycles. The van der Waals surface area contributed by atoms with Crippen LogP contribution < -0.4 is 19.5 Å². The molecule has 1 amide bonds. The smallest absolute Gasteiger partial charge is 0.342 e. The zero-order valence-corrected chi connectivity index (χ0v) is 18.3. The van der Waals surface area contributed by atoms with Gasteiger partial charge in [0.1, 0.15) is 5.56 Å². The van der Waals surface area contributed by atoms with Gasteiger partial charge in [0.2, 0.25) is 5.75 Å². The molecule has 0 fully saturated rings. The molecule has 0 saturated heterocycles. The van der Waals surface area contributed by atoms with Crippen molar-refractivity contribution in [3.8, 4) is 28.5 Å². The predicted octanol–water partition coefficient (Wildman–Crippen LogP) is 4.02. The van der Waals surface area contributed by atoms with Crippen LogP contribution in [0.2, 0.25) is 0 Å². The molecule has 1 N–H and O–H groups in total. The summed E-state index contributed by atoms with van der Waals surface area (Å²) in [6.45, 7) is 1.48. The van der Waals surface area contributed by atoms with E-state index in [0.29, 0.717) is 10.9 Å². The third-order valence-electron chi connectivity index (χ3n) is 4.38. The molecule has 0 bridgehead atoms. The minimum atomic E-state index is -1.06. The van der Waals surface area contributed by atoms with Crippen molar-refractivity contribution in [2.75, 3.05) is 26.6 Å². The number of aromatic nitrogens is 1. The maximum atomic E-state index is 12.7. The lowest BCUT2D eigenvalue weighted by atomic mass is 10.1. The van der Waals surface area contributed by atoms with E-state index in [9.17, 15) is 9.59 Å². The maximum Gasteiger partial charge on any atom is 0.342 e. The molecule has 3 aromatic rings. The first-order chi connectivity index (χ1) is 15.0. The Bertz CT molecular complexity index is 1070. The van der Waals surface area contributed by atoms with Gasteiger partial charge in [-0.2, -0.15) is 0 Å². The molecule has 1 unspecified atom stereocenters. The second-order valence-corrected chi connectivity index (χ2v) is 7.18. The normalized spacial score (nSPS) is 11.4. The van der Waals surface area contributed by atoms with Crippen molar-refractivity contribution in [3.63, 3.8) is 0 Å². The first kappa shape index (κ1) is 22.1. The Morgan fingerprint density at radius 1 is 0.968 bits per heavy atom. The van der Waals surface area contributed by atoms with Gasteiger partial charge in [-0.05, 0) is 19.1 Å². The van der Waals surface area contributed by atoms with Gasteiger partial charge in [-0.25, -0.2) is 9.78 Å². The molecule has 2 aromatic carbocycles. The van der Waals surface area contributed by atoms with Gasteiger partial charge in [0, 0.05) is 10.9 Å². The van der Waals surface area contributed by atoms with Gasteiger partial charge in [-0.15, -0.1) is 11.3 Å². The number of methoxy groups -OCH3 is 3. The van der Waals surface area contributed by atoms with E-state index in [-0.39, 0.29) is 17.1 Å². The SMILES string of the molecule is COc1ccc(C(=O)OC(C)C(=O)Nc2nc(-c3ccccc3)cs2)c(OC)c1OC. The number of carbonyl (C=O) groups is 2. The second kappa shape index (κ2) is 9.94. The lowest BCUT2D eigenvalue weighted by Crippen LogP contribution is -2.30. The van der Waals surface area contributed by atoms with Gasteiger partial charge in [-0.1, -0.05) is 30.3 Å². The van der Waals surface area contributed by atoms with Crippen LogP contribution in [0.15, 0.2) is 47.8 Å². The highest BCUT2D eigenvalue weighted by molar-refractivity contribution is 7.14. The number of amides is 1. The van der Waals surface area contributed by atoms with E-state index in [2.05, 4.69) is 10.3 Å². The van der Waals surface area contributed by atoms with Crippen molar-refractivity contribution in [3.05, 3.63) is 53.4 Å². The number of thiazole rings is 1. The summed E-state index contributed by atoms with van der Waals surface area (Å²) in [5, 5.41) is 4.93. The van der Waals surface area contributed by atoms with E-state index in [1.807, 2.05) is 35.7 Å². The fourth-order valence-corrected chi connectivity index (χ4v) is 3.54. The van der Waals surface area contributed by atoms with E-state index >= 15 is 0 Å². The molecule has 3 rings (SSSR count). The Morgan fingerprint density at radius 2 is 1.68 bits per heavy atom. The standard InChI is InChI=1S/C22H22N2O6S/c1-13(20(25)24-22-23-16(12-31-22)14-8-6-5-7-9-14)30-21(26)15-10-11-17(27-2)19(29-4)18(15)28-3/h5-13H,1-4H3,(H,23,24,25). The number of nitrogens with one attached hydrogen (secondary N) is 1. The van der Waals surface area contributed by atoms with Crippen LogP contribution in [0.1, 0.15) is 17.3 Å². The van der Waals surface area contributed by atoms with Crippen LogP contribution in [-0.4, -0.2) is 44.3 Å². The molecule has 31 heavy (non-hydrogen) atoms. The van der Waals surface area contributed by atoms with Crippen LogP contribution in [0.3, 0.4) is 0 Å². The number of hydrogen-bond donors (Lipinski definition) is 1. The number of rotatable bonds is 8. The van der Waals surface area contributed by atoms with Crippen molar-refractivity contribution in [1.29, 1.82) is 0 Å². The van der Waals surface area contributed by atoms with E-state index in [4.69, 9.17) is 18.9 Å². The van der Waals surface area contributed by atoms with Crippen LogP contribution in [0, 0.1) is 0 Å². The molecule has 0 saturated carbocycles. The lowest BCUT2D eigenvalue weighted by molar-refractivity contribution is -0.123. The van der Waals surface area contributed by atoms with Crippen molar-refractivity contribution < 1.29 is 28.5 Å². The number of carbonyl (C=O) groups excluding carboxylic acids is 2. The van der Waals surface area contributed by atoms with Gasteiger partial charge in [0.05, 0.1) is 27.0 Å². The summed E-state index contributed by atoms with van der Waals surface area (Å²) in [6, 6.07) is 12.7. The number of benzene rings is 2. The van der Waals surface area contributed by atoms with Crippen LogP contribution >= 0.6 is 11.3 Å². The Morgan fingerprint density at radius 3 is 2.32 bits per heavy atom. The number of esters is 1. The molecular weight excluding hydrogens is 420 g/mol. The van der Waals surface area contributed by atoms with Gasteiger partial charge in [0.25, 0.3) is 5.91 Å². The highest BCUT2D eigenvalue weighted by atomic mass is 32.1. The summed E-state index contributed by atoms with van der Waals surface area (Å²) in [5.74, 6) is -0.411. The van der Waals surface area contributed by atoms with Gasteiger partial charge >= 0.3 is 5.97 Å². The van der Waals surface area contributed by atoms with Gasteiger partial charge in [0.15, 0.2) is 22.7 Å². The van der Waals surface area contributed by atoms with E-state index in [1.54, 1.807) is 6.07 Å². The lowest BCUT2D eigenvalue weighted by Gasteiger charge is -2.17. The molecule has 0 spiro atoms. The average Bonchev–Trinajstić information content (AvgIpc) is 3.26. The van der Waals surface area contributed by atoms with Crippen LogP contribution in [0.25, 0.3) is 11.3 Å². The predicted molar refractivity (Wildman–Crippen MR) is 117 cm³/mol. The molecule has 0 aliphatic rings. The first-order valence-corrected chi connectivity index (χ1v) is 10.2. The molecule has 162 valence electrons. The third-order valence-corrected chi connectivity index (χ3v) is 5.14. The summed E-state index contributed by atoms with van der Waals surface area (Å²) in [7, 11) is 4.31. The molecule has 0 aliphatic carbocycles. The summed E-state index contributed by atoms with van der Waals surface area (Å²) < 4.78 is 21.1. The fourth-order valence-electron chi connectivity index (χ4n) is 2.82. The zero-order valence-electron chi connectivity index (χ0n) is 17.5. The third kappa shape index (κ3) is 4.95. The number of hydrogen-bond acceptors (Lipinski definition) is 8. The molecule has 0 aliphatic heterocycles. The van der Waals surface area contributed by atoms with Crippen molar-refractivity contribution in [1.82, 2.24) is 4.98 Å². The van der Waals surface area contributed by atoms with E-state index in [1.165, 1.54) is 45.7 Å². The highest BCUT2D eigenvalue weighted by Gasteiger charge is 2.25. The number of anilines is 1. The first-order valence-electron chi connectivity index (χ1n) is 9.30. The topological polar surface area (TPSA) is 96.0 Å². The fraction of sp³-hybridized carbons (Fsp3) is 0.227. The van der Waals surface area contributed by atoms with E-state index < -0.39 is 18.0 Å². The minimum absolute atomic E-state index is 0.111. The summed E-state index contributed by atoms with van der Waals surface area (Å²) >= 11 is 1.29. The highest BCUT2D eigenvalue weighted by Crippen LogP contribution is 2.40. The summed E-state index contributed by atoms with van der Waals surface area (Å²) in [6.07, 6.45) is -1.06. The van der Waals surface area contributed by atoms with Crippen LogP contribution in [0.5, 0.6) is 17.2 Å². The minimum Gasteiger partial charge on any atom is -0.493 e. The Hall–Kier alpha value is -3.59. The monoisotopic (exact) mass is 442 g/mol. The number of ether oxygens (including phenoxy) is 4. The zero-order chi connectivity index (χ0) is 22.4. The van der Waals surface area contributed by atoms with Crippen molar-refractivity contribution in [2.24, 2.45) is 0 Å². The molecule has 1 atom stereocenters. The number of nitrogens with zero attached hydrogens (tertiary/aromatic N) is 1. The van der Waals surface area contributed by atoms with Crippen molar-refractivity contribution >= 4 is 28.3 Å². The van der Waals surface area contributed by atoms with Crippen LogP contribution in [-0.2, 0) is 9.53 Å². The summed E-state index contributed by atoms with van der Waals surface area (Å²) in [5.41, 5.74) is 1.81. The van der Waals surface area contributed by atoms with Gasteiger partial charge < -0.3 is 18.9 Å². The van der Waals surface area contributed by atoms with Crippen molar-refractivity contribution in [2.45, 2.75) is 13.0 Å². The van der Waals surface area contributed by atoms with E-state index in [0.717, 1.165) is 11.3 Å². The second-order valence-electron chi connectivity index (χ2n) is 6.32. The molecule has 8 nitrogen and oxygen atoms in total. The molecular formula is C22H22N2O6S. The Kier molecular flexibility index (Phi) is 7.09. The molecule has 0 radical (unpaired) electrons.